The van der Waals surface area contributed by atoms with Gasteiger partial charge in [0.05, 0.1) is 11.9 Å². The van der Waals surface area contributed by atoms with Crippen LogP contribution in [0.2, 0.25) is 0 Å². The van der Waals surface area contributed by atoms with Crippen molar-refractivity contribution >= 4 is 23.0 Å². The van der Waals surface area contributed by atoms with Crippen LogP contribution >= 0.6 is 11.3 Å². The minimum atomic E-state index is 0.252. The van der Waals surface area contributed by atoms with Crippen LogP contribution in [0.1, 0.15) is 5.56 Å². The predicted molar refractivity (Wildman–Crippen MR) is 89.3 cm³/mol. The summed E-state index contributed by atoms with van der Waals surface area (Å²) in [4.78, 5) is 4.26. The third-order valence-electron chi connectivity index (χ3n) is 3.39. The maximum absolute atomic E-state index is 9.34. The van der Waals surface area contributed by atoms with E-state index in [0.29, 0.717) is 12.4 Å². The van der Waals surface area contributed by atoms with E-state index in [4.69, 9.17) is 5.73 Å². The van der Waals surface area contributed by atoms with Gasteiger partial charge in [0.1, 0.15) is 11.9 Å². The van der Waals surface area contributed by atoms with Gasteiger partial charge in [0.25, 0.3) is 0 Å². The summed E-state index contributed by atoms with van der Waals surface area (Å²) in [6, 6.07) is 9.11. The molecule has 2 aromatic heterocycles. The van der Waals surface area contributed by atoms with Gasteiger partial charge in [-0.05, 0) is 40.1 Å². The Morgan fingerprint density at radius 2 is 2.00 bits per heavy atom. The van der Waals surface area contributed by atoms with Crippen molar-refractivity contribution in [3.05, 3.63) is 65.6 Å². The Morgan fingerprint density at radius 3 is 2.68 bits per heavy atom. The topological polar surface area (TPSA) is 63.0 Å². The van der Waals surface area contributed by atoms with Crippen LogP contribution in [-0.2, 0) is 6.42 Å². The highest BCUT2D eigenvalue weighted by molar-refractivity contribution is 7.08. The van der Waals surface area contributed by atoms with Gasteiger partial charge in [-0.1, -0.05) is 23.7 Å². The molecule has 0 spiro atoms. The number of nitrogen functional groups attached to an aromatic ring is 1. The average molecular weight is 310 g/mol. The Labute approximate surface area is 132 Å². The average Bonchev–Trinajstić information content (AvgIpc) is 3.04. The second-order valence-corrected chi connectivity index (χ2v) is 5.77. The van der Waals surface area contributed by atoms with Gasteiger partial charge in [-0.15, -0.1) is 0 Å². The van der Waals surface area contributed by atoms with Gasteiger partial charge in [-0.25, -0.2) is 4.57 Å². The van der Waals surface area contributed by atoms with Crippen molar-refractivity contribution in [1.29, 1.82) is 0 Å². The predicted octanol–water partition coefficient (Wildman–Crippen LogP) is 3.10. The fraction of sp³-hybridized carbons (Fsp3) is 0.0588. The molecule has 0 aliphatic carbocycles. The molecular weight excluding hydrogens is 294 g/mol. The number of aromatic nitrogens is 2. The third kappa shape index (κ3) is 2.99. The summed E-state index contributed by atoms with van der Waals surface area (Å²) in [5.41, 5.74) is 9.97. The lowest BCUT2D eigenvalue weighted by Crippen LogP contribution is -2.37. The van der Waals surface area contributed by atoms with Gasteiger partial charge in [-0.3, -0.25) is 5.73 Å². The molecular formula is C17H16N3OS+. The molecule has 0 amide bonds. The second-order valence-electron chi connectivity index (χ2n) is 4.99. The highest BCUT2D eigenvalue weighted by Gasteiger charge is 2.13. The van der Waals surface area contributed by atoms with Crippen LogP contribution in [0.3, 0.4) is 0 Å². The lowest BCUT2D eigenvalue weighted by atomic mass is 10.1. The van der Waals surface area contributed by atoms with Crippen LogP contribution in [0.15, 0.2) is 60.1 Å². The summed E-state index contributed by atoms with van der Waals surface area (Å²) in [5, 5.41) is 13.4. The molecule has 0 aliphatic rings. The van der Waals surface area contributed by atoms with E-state index in [1.165, 1.54) is 0 Å². The Morgan fingerprint density at radius 1 is 1.23 bits per heavy atom. The first kappa shape index (κ1) is 14.3. The van der Waals surface area contributed by atoms with E-state index in [1.807, 2.05) is 29.8 Å². The summed E-state index contributed by atoms with van der Waals surface area (Å²) in [6.45, 7) is 4.11. The first-order valence-corrected chi connectivity index (χ1v) is 7.73. The van der Waals surface area contributed by atoms with Gasteiger partial charge >= 0.3 is 5.95 Å². The number of phenolic OH excluding ortho intramolecular Hbond substituents is 1. The number of hydrogen-bond donors (Lipinski definition) is 2. The fourth-order valence-corrected chi connectivity index (χ4v) is 2.87. The number of phenols is 1. The smallest absolute Gasteiger partial charge is 0.393 e. The van der Waals surface area contributed by atoms with Gasteiger partial charge < -0.3 is 5.11 Å². The minimum Gasteiger partial charge on any atom is -0.508 e. The van der Waals surface area contributed by atoms with E-state index in [-0.39, 0.29) is 5.75 Å². The molecule has 0 radical (unpaired) electrons. The summed E-state index contributed by atoms with van der Waals surface area (Å²) in [6.07, 6.45) is 4.35. The number of aromatic hydroxyl groups is 1. The second kappa shape index (κ2) is 5.99. The molecule has 4 nitrogen and oxygen atoms in total. The van der Waals surface area contributed by atoms with Crippen LogP contribution in [0.5, 0.6) is 5.75 Å². The number of hydrogen-bond acceptors (Lipinski definition) is 4. The molecule has 0 bridgehead atoms. The van der Waals surface area contributed by atoms with Crippen molar-refractivity contribution in [2.75, 3.05) is 5.73 Å². The highest BCUT2D eigenvalue weighted by atomic mass is 32.1. The van der Waals surface area contributed by atoms with Crippen LogP contribution in [-0.4, -0.2) is 10.1 Å². The van der Waals surface area contributed by atoms with Crippen molar-refractivity contribution in [2.45, 2.75) is 6.42 Å². The number of anilines is 1. The van der Waals surface area contributed by atoms with Crippen molar-refractivity contribution < 1.29 is 9.67 Å². The van der Waals surface area contributed by atoms with Crippen LogP contribution in [0, 0.1) is 0 Å². The van der Waals surface area contributed by atoms with E-state index in [2.05, 4.69) is 16.9 Å². The van der Waals surface area contributed by atoms with E-state index < -0.39 is 0 Å². The standard InChI is InChI=1S/C17H15N3OS/c1-12(8-13-2-4-16(21)5-3-13)20-10-15(9-19-17(20)18)14-6-7-22-11-14/h2-7,9-11,18,21H,1,8H2/p+1. The molecule has 3 N–H and O–H groups in total. The van der Waals surface area contributed by atoms with Crippen LogP contribution in [0.4, 0.5) is 5.95 Å². The Bertz CT molecular complexity index is 795. The van der Waals surface area contributed by atoms with E-state index in [0.717, 1.165) is 22.4 Å². The quantitative estimate of drug-likeness (QED) is 0.728. The van der Waals surface area contributed by atoms with Gasteiger partial charge in [0.15, 0.2) is 0 Å². The zero-order chi connectivity index (χ0) is 15.5. The van der Waals surface area contributed by atoms with Gasteiger partial charge in [0, 0.05) is 12.0 Å². The Balaban J connectivity index is 1.88. The minimum absolute atomic E-state index is 0.252. The number of benzene rings is 1. The molecule has 0 unspecified atom stereocenters. The molecule has 5 heteroatoms. The number of allylic oxidation sites excluding steroid dienone is 1. The normalized spacial score (nSPS) is 10.5. The molecule has 0 aliphatic heterocycles. The maximum Gasteiger partial charge on any atom is 0.393 e. The van der Waals surface area contributed by atoms with Crippen molar-refractivity contribution in [3.63, 3.8) is 0 Å². The van der Waals surface area contributed by atoms with E-state index in [9.17, 15) is 5.11 Å². The molecule has 0 saturated carbocycles. The number of nitrogens with zero attached hydrogens (tertiary/aromatic N) is 2. The van der Waals surface area contributed by atoms with E-state index >= 15 is 0 Å². The van der Waals surface area contributed by atoms with Crippen molar-refractivity contribution in [1.82, 2.24) is 4.98 Å². The zero-order valence-electron chi connectivity index (χ0n) is 11.9. The number of thiophene rings is 1. The molecule has 0 saturated heterocycles. The molecule has 0 fully saturated rings. The Kier molecular flexibility index (Phi) is 3.89. The lowest BCUT2D eigenvalue weighted by molar-refractivity contribution is -0.569. The number of rotatable bonds is 4. The van der Waals surface area contributed by atoms with Crippen LogP contribution in [0.25, 0.3) is 16.8 Å². The Hall–Kier alpha value is -2.66. The SMILES string of the molecule is C=C(Cc1ccc(O)cc1)[n+]1cc(-c2ccsc2)cnc1N. The van der Waals surface area contributed by atoms with Crippen LogP contribution < -0.4 is 10.3 Å². The van der Waals surface area contributed by atoms with Gasteiger partial charge in [0.2, 0.25) is 0 Å². The summed E-state index contributed by atoms with van der Waals surface area (Å²) < 4.78 is 1.81. The highest BCUT2D eigenvalue weighted by Crippen LogP contribution is 2.21. The summed E-state index contributed by atoms with van der Waals surface area (Å²) in [7, 11) is 0. The number of nitrogens with two attached hydrogens (primary N) is 1. The lowest BCUT2D eigenvalue weighted by Gasteiger charge is -2.08. The third-order valence-corrected chi connectivity index (χ3v) is 4.07. The van der Waals surface area contributed by atoms with Crippen molar-refractivity contribution in [2.24, 2.45) is 0 Å². The molecule has 0 atom stereocenters. The van der Waals surface area contributed by atoms with Gasteiger partial charge in [-0.2, -0.15) is 11.3 Å². The first-order valence-electron chi connectivity index (χ1n) is 6.79. The van der Waals surface area contributed by atoms with E-state index in [1.54, 1.807) is 34.2 Å². The summed E-state index contributed by atoms with van der Waals surface area (Å²) in [5.74, 6) is 0.658. The largest absolute Gasteiger partial charge is 0.508 e. The molecule has 22 heavy (non-hydrogen) atoms. The maximum atomic E-state index is 9.34. The first-order chi connectivity index (χ1) is 10.6. The molecule has 1 aromatic carbocycles. The molecule has 3 rings (SSSR count). The zero-order valence-corrected chi connectivity index (χ0v) is 12.8. The molecule has 2 heterocycles. The molecule has 3 aromatic rings. The van der Waals surface area contributed by atoms with Crippen molar-refractivity contribution in [3.8, 4) is 16.9 Å². The summed E-state index contributed by atoms with van der Waals surface area (Å²) >= 11 is 1.64. The monoisotopic (exact) mass is 310 g/mol. The fourth-order valence-electron chi connectivity index (χ4n) is 2.20. The molecule has 110 valence electrons.